The zero-order chi connectivity index (χ0) is 14.5. The van der Waals surface area contributed by atoms with E-state index in [1.807, 2.05) is 6.92 Å². The number of primary sulfonamides is 1. The number of nitrogens with one attached hydrogen (secondary N) is 1. The highest BCUT2D eigenvalue weighted by molar-refractivity contribution is 7.89. The molecule has 0 aliphatic rings. The predicted molar refractivity (Wildman–Crippen MR) is 72.3 cm³/mol. The van der Waals surface area contributed by atoms with Crippen LogP contribution in [0, 0.1) is 6.92 Å². The van der Waals surface area contributed by atoms with Gasteiger partial charge in [0.25, 0.3) is 0 Å². The van der Waals surface area contributed by atoms with Crippen LogP contribution in [-0.4, -0.2) is 27.5 Å². The van der Waals surface area contributed by atoms with E-state index in [0.717, 1.165) is 0 Å². The molecule has 0 heterocycles. The van der Waals surface area contributed by atoms with Crippen molar-refractivity contribution in [2.75, 3.05) is 18.5 Å². The third kappa shape index (κ3) is 4.98. The van der Waals surface area contributed by atoms with Gasteiger partial charge in [0, 0.05) is 12.3 Å². The quantitative estimate of drug-likeness (QED) is 0.762. The van der Waals surface area contributed by atoms with Crippen LogP contribution in [0.3, 0.4) is 0 Å². The second-order valence-corrected chi connectivity index (χ2v) is 5.55. The van der Waals surface area contributed by atoms with Crippen LogP contribution in [0.15, 0.2) is 23.1 Å². The van der Waals surface area contributed by atoms with Crippen molar-refractivity contribution in [3.63, 3.8) is 0 Å². The molecule has 3 N–H and O–H groups in total. The van der Waals surface area contributed by atoms with Crippen molar-refractivity contribution in [1.29, 1.82) is 0 Å². The van der Waals surface area contributed by atoms with Crippen molar-refractivity contribution < 1.29 is 17.9 Å². The molecule has 0 unspecified atom stereocenters. The summed E-state index contributed by atoms with van der Waals surface area (Å²) in [4.78, 5) is 11.6. The Bertz CT molecular complexity index is 555. The first-order valence-corrected chi connectivity index (χ1v) is 7.40. The molecule has 1 aromatic rings. The number of nitrogens with two attached hydrogens (primary N) is 1. The average Bonchev–Trinajstić information content (AvgIpc) is 2.30. The molecular weight excluding hydrogens is 268 g/mol. The van der Waals surface area contributed by atoms with E-state index >= 15 is 0 Å². The van der Waals surface area contributed by atoms with Gasteiger partial charge in [-0.1, -0.05) is 6.07 Å². The number of rotatable bonds is 6. The minimum Gasteiger partial charge on any atom is -0.381 e. The van der Waals surface area contributed by atoms with Gasteiger partial charge in [0.05, 0.1) is 17.9 Å². The van der Waals surface area contributed by atoms with Crippen LogP contribution >= 0.6 is 0 Å². The SMILES string of the molecule is CCOCCC(=O)Nc1ccc(C)c(S(N)(=O)=O)c1. The van der Waals surface area contributed by atoms with Gasteiger partial charge >= 0.3 is 0 Å². The highest BCUT2D eigenvalue weighted by Crippen LogP contribution is 2.19. The van der Waals surface area contributed by atoms with Crippen LogP contribution < -0.4 is 10.5 Å². The van der Waals surface area contributed by atoms with Crippen molar-refractivity contribution >= 4 is 21.6 Å². The van der Waals surface area contributed by atoms with Gasteiger partial charge in [0.1, 0.15) is 0 Å². The van der Waals surface area contributed by atoms with E-state index in [9.17, 15) is 13.2 Å². The Hall–Kier alpha value is -1.44. The summed E-state index contributed by atoms with van der Waals surface area (Å²) in [5, 5.41) is 7.70. The third-order valence-electron chi connectivity index (χ3n) is 2.46. The number of aryl methyl sites for hydroxylation is 1. The second kappa shape index (κ2) is 6.65. The lowest BCUT2D eigenvalue weighted by Gasteiger charge is -2.09. The standard InChI is InChI=1S/C12H18N2O4S/c1-3-18-7-6-12(15)14-10-5-4-9(2)11(8-10)19(13,16)17/h4-5,8H,3,6-7H2,1-2H3,(H,14,15)(H2,13,16,17). The summed E-state index contributed by atoms with van der Waals surface area (Å²) in [7, 11) is -3.79. The molecule has 0 atom stereocenters. The second-order valence-electron chi connectivity index (χ2n) is 4.02. The summed E-state index contributed by atoms with van der Waals surface area (Å²) in [5.41, 5.74) is 0.936. The minimum atomic E-state index is -3.79. The Morgan fingerprint density at radius 1 is 1.42 bits per heavy atom. The van der Waals surface area contributed by atoms with Gasteiger partial charge in [-0.25, -0.2) is 13.6 Å². The smallest absolute Gasteiger partial charge is 0.238 e. The van der Waals surface area contributed by atoms with E-state index < -0.39 is 10.0 Å². The Morgan fingerprint density at radius 3 is 2.68 bits per heavy atom. The molecule has 0 bridgehead atoms. The van der Waals surface area contributed by atoms with Crippen LogP contribution in [0.5, 0.6) is 0 Å². The Kier molecular flexibility index (Phi) is 5.46. The van der Waals surface area contributed by atoms with Crippen molar-refractivity contribution in [2.24, 2.45) is 5.14 Å². The zero-order valence-corrected chi connectivity index (χ0v) is 11.8. The molecule has 106 valence electrons. The van der Waals surface area contributed by atoms with Gasteiger partial charge in [-0.2, -0.15) is 0 Å². The van der Waals surface area contributed by atoms with Crippen LogP contribution in [0.1, 0.15) is 18.9 Å². The average molecular weight is 286 g/mol. The molecule has 0 saturated heterocycles. The summed E-state index contributed by atoms with van der Waals surface area (Å²) < 4.78 is 27.8. The number of carbonyl (C=O) groups is 1. The molecule has 0 radical (unpaired) electrons. The zero-order valence-electron chi connectivity index (χ0n) is 11.0. The van der Waals surface area contributed by atoms with Crippen molar-refractivity contribution in [3.8, 4) is 0 Å². The summed E-state index contributed by atoms with van der Waals surface area (Å²) in [6, 6.07) is 4.57. The highest BCUT2D eigenvalue weighted by Gasteiger charge is 2.13. The number of benzene rings is 1. The molecule has 0 aliphatic carbocycles. The minimum absolute atomic E-state index is 0.00936. The van der Waals surface area contributed by atoms with Crippen LogP contribution in [-0.2, 0) is 19.6 Å². The molecule has 1 aromatic carbocycles. The molecule has 1 amide bonds. The van der Waals surface area contributed by atoms with Crippen LogP contribution in [0.2, 0.25) is 0 Å². The number of hydrogen-bond donors (Lipinski definition) is 2. The van der Waals surface area contributed by atoms with Crippen molar-refractivity contribution in [1.82, 2.24) is 0 Å². The molecule has 0 aliphatic heterocycles. The Morgan fingerprint density at radius 2 is 2.11 bits per heavy atom. The fourth-order valence-electron chi connectivity index (χ4n) is 1.52. The molecule has 19 heavy (non-hydrogen) atoms. The lowest BCUT2D eigenvalue weighted by molar-refractivity contribution is -0.117. The summed E-state index contributed by atoms with van der Waals surface area (Å²) in [6.07, 6.45) is 0.215. The highest BCUT2D eigenvalue weighted by atomic mass is 32.2. The van der Waals surface area contributed by atoms with E-state index in [0.29, 0.717) is 24.5 Å². The van der Waals surface area contributed by atoms with Gasteiger partial charge in [0.15, 0.2) is 0 Å². The van der Waals surface area contributed by atoms with Crippen molar-refractivity contribution in [2.45, 2.75) is 25.2 Å². The van der Waals surface area contributed by atoms with E-state index in [1.54, 1.807) is 19.1 Å². The fraction of sp³-hybridized carbons (Fsp3) is 0.417. The Labute approximate surface area is 113 Å². The van der Waals surface area contributed by atoms with Gasteiger partial charge in [-0.15, -0.1) is 0 Å². The number of sulfonamides is 1. The summed E-state index contributed by atoms with van der Waals surface area (Å²) in [5.74, 6) is -0.238. The maximum atomic E-state index is 11.6. The molecule has 0 aromatic heterocycles. The first-order chi connectivity index (χ1) is 8.84. The van der Waals surface area contributed by atoms with Gasteiger partial charge < -0.3 is 10.1 Å². The number of carbonyl (C=O) groups excluding carboxylic acids is 1. The monoisotopic (exact) mass is 286 g/mol. The first-order valence-electron chi connectivity index (χ1n) is 5.85. The van der Waals surface area contributed by atoms with Gasteiger partial charge in [-0.3, -0.25) is 4.79 Å². The lowest BCUT2D eigenvalue weighted by atomic mass is 10.2. The number of hydrogen-bond acceptors (Lipinski definition) is 4. The number of ether oxygens (including phenoxy) is 1. The van der Waals surface area contributed by atoms with E-state index in [-0.39, 0.29) is 17.2 Å². The lowest BCUT2D eigenvalue weighted by Crippen LogP contribution is -2.16. The number of anilines is 1. The van der Waals surface area contributed by atoms with E-state index in [2.05, 4.69) is 5.32 Å². The fourth-order valence-corrected chi connectivity index (χ4v) is 2.33. The number of amides is 1. The summed E-state index contributed by atoms with van der Waals surface area (Å²) >= 11 is 0. The van der Waals surface area contributed by atoms with Gasteiger partial charge in [-0.05, 0) is 31.5 Å². The predicted octanol–water partition coefficient (Wildman–Crippen LogP) is 1.01. The van der Waals surface area contributed by atoms with Crippen LogP contribution in [0.25, 0.3) is 0 Å². The Balaban J connectivity index is 2.78. The van der Waals surface area contributed by atoms with E-state index in [4.69, 9.17) is 9.88 Å². The topological polar surface area (TPSA) is 98.5 Å². The van der Waals surface area contributed by atoms with Crippen molar-refractivity contribution in [3.05, 3.63) is 23.8 Å². The maximum Gasteiger partial charge on any atom is 0.238 e. The molecule has 0 spiro atoms. The maximum absolute atomic E-state index is 11.6. The molecule has 7 heteroatoms. The summed E-state index contributed by atoms with van der Waals surface area (Å²) in [6.45, 7) is 4.36. The molecule has 0 saturated carbocycles. The molecular formula is C12H18N2O4S. The normalized spacial score (nSPS) is 11.3. The van der Waals surface area contributed by atoms with Crippen LogP contribution in [0.4, 0.5) is 5.69 Å². The largest absolute Gasteiger partial charge is 0.381 e. The first kappa shape index (κ1) is 15.6. The van der Waals surface area contributed by atoms with E-state index in [1.165, 1.54) is 6.07 Å². The molecule has 6 nitrogen and oxygen atoms in total. The molecule has 0 fully saturated rings. The third-order valence-corrected chi connectivity index (χ3v) is 3.51. The van der Waals surface area contributed by atoms with Gasteiger partial charge in [0.2, 0.25) is 15.9 Å². The molecule has 1 rings (SSSR count).